The summed E-state index contributed by atoms with van der Waals surface area (Å²) < 4.78 is 30.7. The molecule has 0 heterocycles. The number of nitrogens with two attached hydrogens (primary N) is 2. The molecule has 3 rings (SSSR count). The first-order chi connectivity index (χ1) is 14.9. The van der Waals surface area contributed by atoms with Gasteiger partial charge in [0.2, 0.25) is 10.0 Å². The molecule has 0 aromatic heterocycles. The number of carbonyl (C=O) groups is 1. The van der Waals surface area contributed by atoms with Crippen molar-refractivity contribution in [1.29, 1.82) is 0 Å². The molecule has 3 aromatic carbocycles. The van der Waals surface area contributed by atoms with Crippen molar-refractivity contribution in [2.24, 2.45) is 5.14 Å². The predicted octanol–water partition coefficient (Wildman–Crippen LogP) is 5.29. The second-order valence-electron chi connectivity index (χ2n) is 7.38. The van der Waals surface area contributed by atoms with Crippen LogP contribution in [0.25, 0.3) is 0 Å². The Kier molecular flexibility index (Phi) is 6.99. The second-order valence-corrected chi connectivity index (χ2v) is 10.6. The van der Waals surface area contributed by atoms with Crippen LogP contribution < -0.4 is 15.6 Å². The first-order valence-corrected chi connectivity index (χ1v) is 12.5. The maximum absolute atomic E-state index is 13.1. The lowest BCUT2D eigenvalue weighted by Crippen LogP contribution is -2.17. The van der Waals surface area contributed by atoms with Crippen LogP contribution in [0.15, 0.2) is 62.4 Å². The maximum Gasteiger partial charge on any atom is 0.238 e. The van der Waals surface area contributed by atoms with Gasteiger partial charge in [0.25, 0.3) is 0 Å². The molecular weight excluding hydrogens is 564 g/mol. The second kappa shape index (κ2) is 9.22. The van der Waals surface area contributed by atoms with Crippen LogP contribution in [-0.4, -0.2) is 19.3 Å². The Morgan fingerprint density at radius 2 is 1.66 bits per heavy atom. The highest BCUT2D eigenvalue weighted by Gasteiger charge is 2.23. The number of phenolic OH excluding ortho intramolecular Hbond substituents is 1. The molecule has 0 amide bonds. The molecule has 0 bridgehead atoms. The van der Waals surface area contributed by atoms with Crippen LogP contribution in [0.1, 0.15) is 41.3 Å². The zero-order chi connectivity index (χ0) is 23.8. The van der Waals surface area contributed by atoms with E-state index in [9.17, 15) is 18.3 Å². The smallest absolute Gasteiger partial charge is 0.238 e. The number of rotatable bonds is 6. The quantitative estimate of drug-likeness (QED) is 0.266. The first-order valence-electron chi connectivity index (χ1n) is 9.35. The number of ether oxygens (including phenoxy) is 1. The molecule has 0 aliphatic heterocycles. The number of carbonyl (C=O) groups excluding carboxylic acids is 1. The van der Waals surface area contributed by atoms with Crippen LogP contribution in [-0.2, 0) is 10.0 Å². The SMILES string of the molecule is CC(C)c1cc(Oc2c(Br)cc(C(=O)c3cc(N)ccc3S(N)(=O)=O)cc2Br)ccc1O. The van der Waals surface area contributed by atoms with Crippen LogP contribution in [0.2, 0.25) is 0 Å². The van der Waals surface area contributed by atoms with E-state index in [2.05, 4.69) is 31.9 Å². The van der Waals surface area contributed by atoms with Crippen LogP contribution in [0.5, 0.6) is 17.2 Å². The third-order valence-electron chi connectivity index (χ3n) is 4.66. The van der Waals surface area contributed by atoms with Gasteiger partial charge in [-0.15, -0.1) is 0 Å². The van der Waals surface area contributed by atoms with Gasteiger partial charge in [-0.3, -0.25) is 4.79 Å². The average molecular weight is 584 g/mol. The lowest BCUT2D eigenvalue weighted by molar-refractivity contribution is 0.103. The third kappa shape index (κ3) is 5.15. The van der Waals surface area contributed by atoms with E-state index in [4.69, 9.17) is 15.6 Å². The van der Waals surface area contributed by atoms with E-state index in [0.29, 0.717) is 20.4 Å². The van der Waals surface area contributed by atoms with Gasteiger partial charge in [-0.05, 0) is 86.3 Å². The number of benzene rings is 3. The van der Waals surface area contributed by atoms with Crippen LogP contribution in [0.4, 0.5) is 5.69 Å². The monoisotopic (exact) mass is 582 g/mol. The van der Waals surface area contributed by atoms with Gasteiger partial charge in [0, 0.05) is 22.4 Å². The fourth-order valence-electron chi connectivity index (χ4n) is 3.09. The molecule has 5 N–H and O–H groups in total. The van der Waals surface area contributed by atoms with E-state index in [1.165, 1.54) is 30.3 Å². The van der Waals surface area contributed by atoms with Crippen LogP contribution >= 0.6 is 31.9 Å². The van der Waals surface area contributed by atoms with Crippen LogP contribution in [0.3, 0.4) is 0 Å². The molecule has 0 unspecified atom stereocenters. The van der Waals surface area contributed by atoms with E-state index in [1.54, 1.807) is 18.2 Å². The molecule has 0 aliphatic carbocycles. The summed E-state index contributed by atoms with van der Waals surface area (Å²) in [7, 11) is -4.13. The van der Waals surface area contributed by atoms with E-state index >= 15 is 0 Å². The molecule has 0 saturated carbocycles. The Labute approximate surface area is 202 Å². The highest BCUT2D eigenvalue weighted by molar-refractivity contribution is 9.11. The summed E-state index contributed by atoms with van der Waals surface area (Å²) >= 11 is 6.81. The lowest BCUT2D eigenvalue weighted by atomic mass is 10.0. The molecule has 168 valence electrons. The van der Waals surface area contributed by atoms with Crippen molar-refractivity contribution in [3.8, 4) is 17.2 Å². The number of hydrogen-bond donors (Lipinski definition) is 3. The van der Waals surface area contributed by atoms with Crippen molar-refractivity contribution in [3.63, 3.8) is 0 Å². The van der Waals surface area contributed by atoms with E-state index in [0.717, 1.165) is 5.56 Å². The minimum Gasteiger partial charge on any atom is -0.508 e. The molecule has 0 spiro atoms. The van der Waals surface area contributed by atoms with Gasteiger partial charge >= 0.3 is 0 Å². The average Bonchev–Trinajstić information content (AvgIpc) is 2.69. The minimum atomic E-state index is -4.13. The van der Waals surface area contributed by atoms with Crippen molar-refractivity contribution in [3.05, 3.63) is 74.2 Å². The lowest BCUT2D eigenvalue weighted by Gasteiger charge is -2.15. The standard InChI is InChI=1S/C22H20Br2N2O5S/c1-11(2)15-10-14(4-5-19(15)27)31-22-17(23)7-12(8-18(22)24)21(28)16-9-13(25)3-6-20(16)32(26,29)30/h3-11,27H,25H2,1-2H3,(H2,26,29,30). The number of hydrogen-bond acceptors (Lipinski definition) is 6. The Hall–Kier alpha value is -2.40. The van der Waals surface area contributed by atoms with Gasteiger partial charge in [0.1, 0.15) is 11.5 Å². The van der Waals surface area contributed by atoms with Gasteiger partial charge < -0.3 is 15.6 Å². The number of anilines is 1. The number of halogens is 2. The summed E-state index contributed by atoms with van der Waals surface area (Å²) in [5, 5.41) is 15.3. The van der Waals surface area contributed by atoms with Crippen molar-refractivity contribution in [2.45, 2.75) is 24.7 Å². The Morgan fingerprint density at radius 3 is 2.22 bits per heavy atom. The number of ketones is 1. The van der Waals surface area contributed by atoms with Crippen molar-refractivity contribution in [2.75, 3.05) is 5.73 Å². The topological polar surface area (TPSA) is 133 Å². The number of primary sulfonamides is 1. The number of aromatic hydroxyl groups is 1. The molecule has 0 radical (unpaired) electrons. The van der Waals surface area contributed by atoms with Gasteiger partial charge in [-0.25, -0.2) is 13.6 Å². The van der Waals surface area contributed by atoms with Crippen molar-refractivity contribution in [1.82, 2.24) is 0 Å². The number of nitrogen functional groups attached to an aromatic ring is 1. The zero-order valence-corrected chi connectivity index (χ0v) is 21.1. The summed E-state index contributed by atoms with van der Waals surface area (Å²) in [4.78, 5) is 12.8. The molecule has 0 atom stereocenters. The summed E-state index contributed by atoms with van der Waals surface area (Å²) in [5.41, 5.74) is 6.79. The van der Waals surface area contributed by atoms with E-state index < -0.39 is 15.8 Å². The van der Waals surface area contributed by atoms with Crippen LogP contribution in [0, 0.1) is 0 Å². The Bertz CT molecular complexity index is 1300. The van der Waals surface area contributed by atoms with Gasteiger partial charge in [-0.2, -0.15) is 0 Å². The normalized spacial score (nSPS) is 11.6. The predicted molar refractivity (Wildman–Crippen MR) is 130 cm³/mol. The fraction of sp³-hybridized carbons (Fsp3) is 0.136. The molecule has 10 heteroatoms. The van der Waals surface area contributed by atoms with Crippen molar-refractivity contribution < 1.29 is 23.1 Å². The van der Waals surface area contributed by atoms with Crippen molar-refractivity contribution >= 4 is 53.4 Å². The highest BCUT2D eigenvalue weighted by atomic mass is 79.9. The van der Waals surface area contributed by atoms with Gasteiger partial charge in [0.15, 0.2) is 11.5 Å². The zero-order valence-electron chi connectivity index (χ0n) is 17.1. The molecule has 0 saturated heterocycles. The molecule has 3 aromatic rings. The summed E-state index contributed by atoms with van der Waals surface area (Å²) in [6.07, 6.45) is 0. The molecule has 0 fully saturated rings. The van der Waals surface area contributed by atoms with Gasteiger partial charge in [-0.1, -0.05) is 13.8 Å². The van der Waals surface area contributed by atoms with E-state index in [-0.39, 0.29) is 33.4 Å². The third-order valence-corrected chi connectivity index (χ3v) is 6.80. The molecule has 32 heavy (non-hydrogen) atoms. The molecule has 0 aliphatic rings. The number of sulfonamides is 1. The highest BCUT2D eigenvalue weighted by Crippen LogP contribution is 2.40. The number of phenols is 1. The maximum atomic E-state index is 13.1. The Morgan fingerprint density at radius 1 is 1.03 bits per heavy atom. The summed E-state index contributed by atoms with van der Waals surface area (Å²) in [6.45, 7) is 3.91. The summed E-state index contributed by atoms with van der Waals surface area (Å²) in [5.74, 6) is 0.609. The Balaban J connectivity index is 2.01. The molecular formula is C22H20Br2N2O5S. The minimum absolute atomic E-state index is 0.0942. The fourth-order valence-corrected chi connectivity index (χ4v) is 5.16. The first kappa shape index (κ1) is 24.2. The summed E-state index contributed by atoms with van der Waals surface area (Å²) in [6, 6.07) is 11.8. The van der Waals surface area contributed by atoms with E-state index in [1.807, 2.05) is 13.8 Å². The van der Waals surface area contributed by atoms with Gasteiger partial charge in [0.05, 0.1) is 13.8 Å². The largest absolute Gasteiger partial charge is 0.508 e. The molecule has 7 nitrogen and oxygen atoms in total.